The average Bonchev–Trinajstić information content (AvgIpc) is 3.28. The van der Waals surface area contributed by atoms with Crippen LogP contribution in [0.1, 0.15) is 28.8 Å². The normalized spacial score (nSPS) is 17.5. The molecule has 0 atom stereocenters. The van der Waals surface area contributed by atoms with Crippen molar-refractivity contribution in [1.82, 2.24) is 10.2 Å². The van der Waals surface area contributed by atoms with Crippen LogP contribution in [-0.4, -0.2) is 50.0 Å². The number of carbonyl (C=O) groups is 2. The first kappa shape index (κ1) is 20.5. The number of rotatable bonds is 6. The molecule has 2 N–H and O–H groups in total. The van der Waals surface area contributed by atoms with Crippen LogP contribution >= 0.6 is 11.8 Å². The second-order valence-corrected chi connectivity index (χ2v) is 8.44. The molecular weight excluding hydrogens is 398 g/mol. The monoisotopic (exact) mass is 423 g/mol. The Hall–Kier alpha value is -2.77. The maximum atomic E-state index is 12.6. The molecule has 0 radical (unpaired) electrons. The van der Waals surface area contributed by atoms with Crippen molar-refractivity contribution in [3.05, 3.63) is 58.5 Å². The summed E-state index contributed by atoms with van der Waals surface area (Å²) in [4.78, 5) is 28.9. The van der Waals surface area contributed by atoms with Gasteiger partial charge in [-0.3, -0.25) is 9.59 Å². The van der Waals surface area contributed by atoms with Crippen molar-refractivity contribution in [2.24, 2.45) is 0 Å². The molecule has 7 heteroatoms. The third kappa shape index (κ3) is 4.86. The molecule has 2 amide bonds. The number of nitrogens with zero attached hydrogens (tertiary/aromatic N) is 1. The standard InChI is InChI=1S/C23H25N3O3S/c1-29-18-7-4-16(5-8-18)14-21-23(28)25-19-15-17(6-9-20(19)30-21)22(27)24-10-13-26-11-2-3-12-26/h4-9,14-15H,2-3,10-13H2,1H3,(H,24,27)(H,25,28)/b21-14+. The van der Waals surface area contributed by atoms with Crippen molar-refractivity contribution >= 4 is 35.3 Å². The summed E-state index contributed by atoms with van der Waals surface area (Å²) in [5.74, 6) is 0.486. The summed E-state index contributed by atoms with van der Waals surface area (Å²) in [5.41, 5.74) is 2.15. The molecule has 2 heterocycles. The molecule has 2 aromatic rings. The van der Waals surface area contributed by atoms with Crippen LogP contribution in [0.15, 0.2) is 52.3 Å². The van der Waals surface area contributed by atoms with Gasteiger partial charge in [-0.2, -0.15) is 0 Å². The lowest BCUT2D eigenvalue weighted by Gasteiger charge is -2.20. The lowest BCUT2D eigenvalue weighted by atomic mass is 10.1. The Labute approximate surface area is 180 Å². The Morgan fingerprint density at radius 1 is 1.20 bits per heavy atom. The number of fused-ring (bicyclic) bond motifs is 1. The van der Waals surface area contributed by atoms with Gasteiger partial charge in [-0.1, -0.05) is 23.9 Å². The highest BCUT2D eigenvalue weighted by Gasteiger charge is 2.22. The highest BCUT2D eigenvalue weighted by Crippen LogP contribution is 2.39. The molecule has 0 aliphatic carbocycles. The Bertz CT molecular complexity index is 966. The molecule has 4 rings (SSSR count). The van der Waals surface area contributed by atoms with E-state index in [2.05, 4.69) is 15.5 Å². The molecule has 0 unspecified atom stereocenters. The minimum absolute atomic E-state index is 0.115. The van der Waals surface area contributed by atoms with Gasteiger partial charge in [0.1, 0.15) is 5.75 Å². The predicted molar refractivity (Wildman–Crippen MR) is 120 cm³/mol. The van der Waals surface area contributed by atoms with Crippen LogP contribution in [-0.2, 0) is 4.79 Å². The van der Waals surface area contributed by atoms with E-state index >= 15 is 0 Å². The first-order valence-corrected chi connectivity index (χ1v) is 10.9. The summed E-state index contributed by atoms with van der Waals surface area (Å²) in [6.07, 6.45) is 4.33. The first-order valence-electron chi connectivity index (χ1n) is 10.1. The highest BCUT2D eigenvalue weighted by molar-refractivity contribution is 8.04. The minimum Gasteiger partial charge on any atom is -0.497 e. The van der Waals surface area contributed by atoms with Crippen molar-refractivity contribution in [2.45, 2.75) is 17.7 Å². The van der Waals surface area contributed by atoms with E-state index < -0.39 is 0 Å². The van der Waals surface area contributed by atoms with Gasteiger partial charge >= 0.3 is 0 Å². The van der Waals surface area contributed by atoms with Gasteiger partial charge < -0.3 is 20.3 Å². The van der Waals surface area contributed by atoms with E-state index in [-0.39, 0.29) is 11.8 Å². The predicted octanol–water partition coefficient (Wildman–Crippen LogP) is 3.61. The number of ether oxygens (including phenoxy) is 1. The topological polar surface area (TPSA) is 70.7 Å². The lowest BCUT2D eigenvalue weighted by molar-refractivity contribution is -0.112. The van der Waals surface area contributed by atoms with Crippen molar-refractivity contribution in [3.8, 4) is 5.75 Å². The molecule has 0 bridgehead atoms. The van der Waals surface area contributed by atoms with E-state index in [0.717, 1.165) is 35.8 Å². The molecule has 1 fully saturated rings. The van der Waals surface area contributed by atoms with E-state index in [1.807, 2.05) is 36.4 Å². The number of benzene rings is 2. The number of carbonyl (C=O) groups excluding carboxylic acids is 2. The van der Waals surface area contributed by atoms with E-state index in [1.165, 1.54) is 24.6 Å². The fourth-order valence-corrected chi connectivity index (χ4v) is 4.52. The summed E-state index contributed by atoms with van der Waals surface area (Å²) >= 11 is 1.40. The molecule has 0 spiro atoms. The van der Waals surface area contributed by atoms with Gasteiger partial charge in [0, 0.05) is 23.5 Å². The van der Waals surface area contributed by atoms with E-state index in [0.29, 0.717) is 22.7 Å². The zero-order chi connectivity index (χ0) is 20.9. The third-order valence-corrected chi connectivity index (χ3v) is 6.36. The Morgan fingerprint density at radius 3 is 2.70 bits per heavy atom. The van der Waals surface area contributed by atoms with Crippen LogP contribution in [0.25, 0.3) is 6.08 Å². The number of thioether (sulfide) groups is 1. The van der Waals surface area contributed by atoms with Gasteiger partial charge in [0.15, 0.2) is 0 Å². The molecule has 1 saturated heterocycles. The summed E-state index contributed by atoms with van der Waals surface area (Å²) in [7, 11) is 1.62. The quantitative estimate of drug-likeness (QED) is 0.695. The van der Waals surface area contributed by atoms with Gasteiger partial charge in [-0.15, -0.1) is 0 Å². The maximum Gasteiger partial charge on any atom is 0.262 e. The second-order valence-electron chi connectivity index (χ2n) is 7.35. The van der Waals surface area contributed by atoms with Gasteiger partial charge in [0.2, 0.25) is 0 Å². The summed E-state index contributed by atoms with van der Waals surface area (Å²) in [6.45, 7) is 3.74. The maximum absolute atomic E-state index is 12.6. The molecule has 6 nitrogen and oxygen atoms in total. The van der Waals surface area contributed by atoms with Crippen LogP contribution in [0.5, 0.6) is 5.75 Å². The average molecular weight is 424 g/mol. The fraction of sp³-hybridized carbons (Fsp3) is 0.304. The van der Waals surface area contributed by atoms with Gasteiger partial charge in [-0.05, 0) is 67.9 Å². The van der Waals surface area contributed by atoms with Gasteiger partial charge in [-0.25, -0.2) is 0 Å². The number of likely N-dealkylation sites (tertiary alicyclic amines) is 1. The van der Waals surface area contributed by atoms with Crippen molar-refractivity contribution in [2.75, 3.05) is 38.6 Å². The number of anilines is 1. The number of amides is 2. The smallest absolute Gasteiger partial charge is 0.262 e. The molecule has 0 saturated carbocycles. The highest BCUT2D eigenvalue weighted by atomic mass is 32.2. The Balaban J connectivity index is 1.41. The SMILES string of the molecule is COc1ccc(/C=C2/Sc3ccc(C(=O)NCCN4CCCC4)cc3NC2=O)cc1. The third-order valence-electron chi connectivity index (χ3n) is 5.26. The van der Waals surface area contributed by atoms with E-state index in [4.69, 9.17) is 4.74 Å². The molecular formula is C23H25N3O3S. The number of hydrogen-bond donors (Lipinski definition) is 2. The largest absolute Gasteiger partial charge is 0.497 e. The molecule has 2 aliphatic heterocycles. The van der Waals surface area contributed by atoms with Crippen LogP contribution < -0.4 is 15.4 Å². The van der Waals surface area contributed by atoms with Crippen molar-refractivity contribution in [3.63, 3.8) is 0 Å². The zero-order valence-electron chi connectivity index (χ0n) is 16.9. The lowest BCUT2D eigenvalue weighted by Crippen LogP contribution is -2.33. The summed E-state index contributed by atoms with van der Waals surface area (Å²) in [5, 5.41) is 5.88. The summed E-state index contributed by atoms with van der Waals surface area (Å²) < 4.78 is 5.17. The van der Waals surface area contributed by atoms with Gasteiger partial charge in [0.05, 0.1) is 17.7 Å². The Kier molecular flexibility index (Phi) is 6.40. The molecule has 0 aromatic heterocycles. The number of nitrogens with one attached hydrogen (secondary N) is 2. The van der Waals surface area contributed by atoms with Crippen LogP contribution in [0, 0.1) is 0 Å². The van der Waals surface area contributed by atoms with Crippen molar-refractivity contribution < 1.29 is 14.3 Å². The first-order chi connectivity index (χ1) is 14.6. The van der Waals surface area contributed by atoms with Gasteiger partial charge in [0.25, 0.3) is 11.8 Å². The molecule has 2 aromatic carbocycles. The van der Waals surface area contributed by atoms with Crippen LogP contribution in [0.4, 0.5) is 5.69 Å². The fourth-order valence-electron chi connectivity index (χ4n) is 3.59. The van der Waals surface area contributed by atoms with E-state index in [9.17, 15) is 9.59 Å². The number of hydrogen-bond acceptors (Lipinski definition) is 5. The minimum atomic E-state index is -0.171. The zero-order valence-corrected chi connectivity index (χ0v) is 17.8. The Morgan fingerprint density at radius 2 is 1.97 bits per heavy atom. The van der Waals surface area contributed by atoms with Crippen molar-refractivity contribution in [1.29, 1.82) is 0 Å². The molecule has 30 heavy (non-hydrogen) atoms. The molecule has 2 aliphatic rings. The van der Waals surface area contributed by atoms with Crippen LogP contribution in [0.3, 0.4) is 0 Å². The number of methoxy groups -OCH3 is 1. The molecule has 156 valence electrons. The van der Waals surface area contributed by atoms with Crippen LogP contribution in [0.2, 0.25) is 0 Å². The van der Waals surface area contributed by atoms with E-state index in [1.54, 1.807) is 19.2 Å². The second kappa shape index (κ2) is 9.36. The summed E-state index contributed by atoms with van der Waals surface area (Å²) in [6, 6.07) is 13.0.